The van der Waals surface area contributed by atoms with Gasteiger partial charge in [0.25, 0.3) is 0 Å². The van der Waals surface area contributed by atoms with E-state index in [2.05, 4.69) is 26.1 Å². The number of hydrogen-bond acceptors (Lipinski definition) is 5. The highest BCUT2D eigenvalue weighted by Crippen LogP contribution is 2.30. The predicted molar refractivity (Wildman–Crippen MR) is 109 cm³/mol. The lowest BCUT2D eigenvalue weighted by Crippen LogP contribution is -2.44. The first-order chi connectivity index (χ1) is 15.2. The van der Waals surface area contributed by atoms with E-state index in [9.17, 15) is 18.0 Å². The highest BCUT2D eigenvalue weighted by Gasteiger charge is 2.38. The number of carbonyl (C=O) groups is 2. The van der Waals surface area contributed by atoms with E-state index in [1.807, 2.05) is 6.20 Å². The summed E-state index contributed by atoms with van der Waals surface area (Å²) < 4.78 is 39.2. The first-order valence-corrected chi connectivity index (χ1v) is 11.1. The van der Waals surface area contributed by atoms with E-state index in [-0.39, 0.29) is 11.9 Å². The fourth-order valence-electron chi connectivity index (χ4n) is 4.61. The van der Waals surface area contributed by atoms with E-state index in [0.29, 0.717) is 18.4 Å². The quantitative estimate of drug-likeness (QED) is 0.702. The SMILES string of the molecule is O=C(CC1CN(C2CCCC2)Cc2ccnn21)NCC1CCOCC1.O=C(O)C(F)(F)F. The number of hydrogen-bond donors (Lipinski definition) is 2. The van der Waals surface area contributed by atoms with Gasteiger partial charge in [-0.25, -0.2) is 4.79 Å². The Morgan fingerprint density at radius 1 is 1.19 bits per heavy atom. The number of carboxylic acids is 1. The first-order valence-electron chi connectivity index (χ1n) is 11.1. The van der Waals surface area contributed by atoms with Crippen LogP contribution in [0.15, 0.2) is 12.3 Å². The van der Waals surface area contributed by atoms with Crippen LogP contribution in [0, 0.1) is 5.92 Å². The Labute approximate surface area is 185 Å². The number of aliphatic carboxylic acids is 1. The normalized spacial score (nSPS) is 22.7. The minimum atomic E-state index is -5.08. The van der Waals surface area contributed by atoms with Crippen LogP contribution in [0.3, 0.4) is 0 Å². The minimum absolute atomic E-state index is 0.159. The molecule has 0 spiro atoms. The molecule has 1 amide bonds. The molecule has 1 atom stereocenters. The van der Waals surface area contributed by atoms with Crippen molar-refractivity contribution in [3.05, 3.63) is 18.0 Å². The summed E-state index contributed by atoms with van der Waals surface area (Å²) in [7, 11) is 0. The number of nitrogens with one attached hydrogen (secondary N) is 1. The third kappa shape index (κ3) is 6.93. The van der Waals surface area contributed by atoms with E-state index >= 15 is 0 Å². The van der Waals surface area contributed by atoms with Gasteiger partial charge in [-0.3, -0.25) is 14.4 Å². The number of amides is 1. The van der Waals surface area contributed by atoms with E-state index in [4.69, 9.17) is 14.6 Å². The van der Waals surface area contributed by atoms with Crippen LogP contribution in [0.1, 0.15) is 56.7 Å². The molecular formula is C21H31F3N4O4. The van der Waals surface area contributed by atoms with E-state index in [1.54, 1.807) is 0 Å². The fraction of sp³-hybridized carbons (Fsp3) is 0.762. The fourth-order valence-corrected chi connectivity index (χ4v) is 4.61. The monoisotopic (exact) mass is 460 g/mol. The molecule has 32 heavy (non-hydrogen) atoms. The number of halogens is 3. The second-order valence-corrected chi connectivity index (χ2v) is 8.66. The Morgan fingerprint density at radius 3 is 2.47 bits per heavy atom. The van der Waals surface area contributed by atoms with Gasteiger partial charge in [-0.2, -0.15) is 18.3 Å². The molecule has 0 radical (unpaired) electrons. The molecule has 3 aliphatic rings. The number of ether oxygens (including phenoxy) is 1. The molecule has 0 aromatic carbocycles. The third-order valence-corrected chi connectivity index (χ3v) is 6.34. The molecule has 4 rings (SSSR count). The Bertz CT molecular complexity index is 758. The number of nitrogens with zero attached hydrogens (tertiary/aromatic N) is 3. The number of carbonyl (C=O) groups excluding carboxylic acids is 1. The molecule has 3 heterocycles. The van der Waals surface area contributed by atoms with Crippen molar-refractivity contribution in [2.45, 2.75) is 69.8 Å². The summed E-state index contributed by atoms with van der Waals surface area (Å²) in [6.45, 7) is 4.37. The third-order valence-electron chi connectivity index (χ3n) is 6.34. The lowest BCUT2D eigenvalue weighted by Gasteiger charge is -2.37. The molecule has 1 aliphatic carbocycles. The van der Waals surface area contributed by atoms with Gasteiger partial charge in [0.15, 0.2) is 0 Å². The van der Waals surface area contributed by atoms with Crippen molar-refractivity contribution >= 4 is 11.9 Å². The summed E-state index contributed by atoms with van der Waals surface area (Å²) in [5, 5.41) is 14.8. The molecule has 0 bridgehead atoms. The summed E-state index contributed by atoms with van der Waals surface area (Å²) in [6.07, 6.45) is 4.73. The van der Waals surface area contributed by atoms with Crippen LogP contribution in [0.2, 0.25) is 0 Å². The summed E-state index contributed by atoms with van der Waals surface area (Å²) in [5.74, 6) is -2.03. The number of fused-ring (bicyclic) bond motifs is 1. The van der Waals surface area contributed by atoms with Crippen molar-refractivity contribution < 1.29 is 32.6 Å². The zero-order chi connectivity index (χ0) is 23.1. The van der Waals surface area contributed by atoms with Crippen molar-refractivity contribution in [2.75, 3.05) is 26.3 Å². The van der Waals surface area contributed by atoms with Crippen molar-refractivity contribution in [2.24, 2.45) is 5.92 Å². The summed E-state index contributed by atoms with van der Waals surface area (Å²) in [6, 6.07) is 2.96. The van der Waals surface area contributed by atoms with Crippen LogP contribution in [-0.4, -0.2) is 70.2 Å². The highest BCUT2D eigenvalue weighted by molar-refractivity contribution is 5.76. The standard InChI is InChI=1S/C19H30N4O2.C2HF3O2/c24-19(20-12-15-6-9-25-10-7-15)11-18-14-22(16-3-1-2-4-16)13-17-5-8-21-23(17)18;3-2(4,5)1(6)7/h5,8,15-16,18H,1-4,6-7,9-14H2,(H,20,24);(H,6,7). The largest absolute Gasteiger partial charge is 0.490 e. The van der Waals surface area contributed by atoms with Crippen LogP contribution in [0.5, 0.6) is 0 Å². The van der Waals surface area contributed by atoms with Gasteiger partial charge >= 0.3 is 12.1 Å². The molecule has 180 valence electrons. The van der Waals surface area contributed by atoms with Gasteiger partial charge in [-0.1, -0.05) is 12.8 Å². The number of alkyl halides is 3. The van der Waals surface area contributed by atoms with E-state index in [0.717, 1.165) is 45.7 Å². The molecule has 2 N–H and O–H groups in total. The lowest BCUT2D eigenvalue weighted by atomic mass is 10.0. The minimum Gasteiger partial charge on any atom is -0.475 e. The molecule has 1 saturated carbocycles. The number of aromatic nitrogens is 2. The summed E-state index contributed by atoms with van der Waals surface area (Å²) >= 11 is 0. The van der Waals surface area contributed by atoms with Crippen LogP contribution in [-0.2, 0) is 20.9 Å². The molecule has 1 saturated heterocycles. The first kappa shape index (κ1) is 24.5. The Morgan fingerprint density at radius 2 is 1.84 bits per heavy atom. The van der Waals surface area contributed by atoms with Gasteiger partial charge in [0.05, 0.1) is 18.2 Å². The van der Waals surface area contributed by atoms with Crippen LogP contribution < -0.4 is 5.32 Å². The van der Waals surface area contributed by atoms with Gasteiger partial charge < -0.3 is 15.2 Å². The Hall–Kier alpha value is -2.14. The van der Waals surface area contributed by atoms with E-state index < -0.39 is 12.1 Å². The Kier molecular flexibility index (Phi) is 8.52. The molecule has 1 aromatic rings. The van der Waals surface area contributed by atoms with Crippen molar-refractivity contribution in [1.82, 2.24) is 20.0 Å². The van der Waals surface area contributed by atoms with Crippen LogP contribution in [0.25, 0.3) is 0 Å². The van der Waals surface area contributed by atoms with Crippen molar-refractivity contribution in [3.8, 4) is 0 Å². The van der Waals surface area contributed by atoms with Gasteiger partial charge in [-0.05, 0) is 37.7 Å². The molecule has 11 heteroatoms. The highest BCUT2D eigenvalue weighted by atomic mass is 19.4. The van der Waals surface area contributed by atoms with Crippen molar-refractivity contribution in [3.63, 3.8) is 0 Å². The molecular weight excluding hydrogens is 429 g/mol. The van der Waals surface area contributed by atoms with Crippen molar-refractivity contribution in [1.29, 1.82) is 0 Å². The molecule has 2 fully saturated rings. The smallest absolute Gasteiger partial charge is 0.475 e. The van der Waals surface area contributed by atoms with Gasteiger partial charge in [-0.15, -0.1) is 0 Å². The maximum Gasteiger partial charge on any atom is 0.490 e. The molecule has 2 aliphatic heterocycles. The predicted octanol–water partition coefficient (Wildman–Crippen LogP) is 2.75. The maximum atomic E-state index is 12.5. The summed E-state index contributed by atoms with van der Waals surface area (Å²) in [5.41, 5.74) is 1.25. The maximum absolute atomic E-state index is 12.5. The van der Waals surface area contributed by atoms with Gasteiger partial charge in [0.2, 0.25) is 5.91 Å². The zero-order valence-corrected chi connectivity index (χ0v) is 18.0. The average Bonchev–Trinajstić information content (AvgIpc) is 3.45. The molecule has 1 unspecified atom stereocenters. The van der Waals surface area contributed by atoms with Crippen LogP contribution in [0.4, 0.5) is 13.2 Å². The second kappa shape index (κ2) is 11.1. The number of rotatable bonds is 5. The van der Waals surface area contributed by atoms with Gasteiger partial charge in [0.1, 0.15) is 0 Å². The van der Waals surface area contributed by atoms with Gasteiger partial charge in [0, 0.05) is 45.1 Å². The van der Waals surface area contributed by atoms with Crippen LogP contribution >= 0.6 is 0 Å². The average molecular weight is 460 g/mol. The molecule has 8 nitrogen and oxygen atoms in total. The topological polar surface area (TPSA) is 96.7 Å². The lowest BCUT2D eigenvalue weighted by molar-refractivity contribution is -0.192. The molecule has 1 aromatic heterocycles. The number of carboxylic acid groups (broad SMARTS) is 1. The Balaban J connectivity index is 0.000000360. The summed E-state index contributed by atoms with van der Waals surface area (Å²) in [4.78, 5) is 24.0. The second-order valence-electron chi connectivity index (χ2n) is 8.66. The van der Waals surface area contributed by atoms with E-state index in [1.165, 1.54) is 31.4 Å². The zero-order valence-electron chi connectivity index (χ0n) is 18.0.